The Balaban J connectivity index is 2.67. The number of benzene rings is 1. The third-order valence-electron chi connectivity index (χ3n) is 1.19. The Morgan fingerprint density at radius 2 is 1.90 bits per heavy atom. The van der Waals surface area contributed by atoms with Gasteiger partial charge in [-0.1, -0.05) is 30.3 Å². The zero-order valence-electron chi connectivity index (χ0n) is 5.41. The quantitative estimate of drug-likeness (QED) is 0.584. The fourth-order valence-corrected chi connectivity index (χ4v) is 0.929. The Hall–Kier alpha value is -0.820. The van der Waals surface area contributed by atoms with Crippen LogP contribution in [0.15, 0.2) is 30.3 Å². The fraction of sp³-hybridized carbons (Fsp3) is 0.125. The summed E-state index contributed by atoms with van der Waals surface area (Å²) in [6, 6.07) is 9.49. The minimum Gasteiger partial charge on any atom is -0.225 e. The van der Waals surface area contributed by atoms with Crippen molar-refractivity contribution >= 4 is 5.24 Å². The first-order chi connectivity index (χ1) is 4.79. The molecular formula is C8H8ClO+. The normalized spacial score (nSPS) is 9.30. The van der Waals surface area contributed by atoms with Crippen LogP contribution in [0.3, 0.4) is 0 Å². The van der Waals surface area contributed by atoms with Gasteiger partial charge in [-0.15, -0.1) is 0 Å². The summed E-state index contributed by atoms with van der Waals surface area (Å²) in [5.41, 5.74) is 0.988. The van der Waals surface area contributed by atoms with E-state index in [1.54, 1.807) is 0 Å². The maximum atomic E-state index is 10.4. The van der Waals surface area contributed by atoms with E-state index in [0.717, 1.165) is 5.56 Å². The molecule has 0 aliphatic carbocycles. The maximum absolute atomic E-state index is 10.4. The van der Waals surface area contributed by atoms with Crippen LogP contribution >= 0.6 is 0 Å². The smallest absolute Gasteiger partial charge is 0.225 e. The lowest BCUT2D eigenvalue weighted by molar-refractivity contribution is -0.304. The summed E-state index contributed by atoms with van der Waals surface area (Å²) >= 11 is 4.42. The molecule has 52 valence electrons. The second-order valence-electron chi connectivity index (χ2n) is 2.03. The molecule has 0 radical (unpaired) electrons. The van der Waals surface area contributed by atoms with Gasteiger partial charge in [0.1, 0.15) is 0 Å². The zero-order chi connectivity index (χ0) is 7.40. The number of rotatable bonds is 2. The van der Waals surface area contributed by atoms with Crippen LogP contribution in [0.2, 0.25) is 0 Å². The molecule has 10 heavy (non-hydrogen) atoms. The molecule has 0 atom stereocenters. The third kappa shape index (κ3) is 2.19. The summed E-state index contributed by atoms with van der Waals surface area (Å²) < 4.78 is 0. The van der Waals surface area contributed by atoms with Gasteiger partial charge in [0.25, 0.3) is 0 Å². The molecular weight excluding hydrogens is 148 g/mol. The van der Waals surface area contributed by atoms with Crippen LogP contribution in [0, 0.1) is 11.6 Å². The Morgan fingerprint density at radius 1 is 1.30 bits per heavy atom. The molecule has 0 spiro atoms. The van der Waals surface area contributed by atoms with Crippen LogP contribution in [0.4, 0.5) is 0 Å². The minimum atomic E-state index is -0.203. The Kier molecular flexibility index (Phi) is 2.46. The lowest BCUT2D eigenvalue weighted by atomic mass is 10.2. The minimum absolute atomic E-state index is 0.203. The molecule has 1 aromatic carbocycles. The molecule has 0 amide bonds. The number of hydrogen-bond donors (Lipinski definition) is 0. The molecule has 1 rings (SSSR count). The van der Waals surface area contributed by atoms with Gasteiger partial charge in [0.2, 0.25) is 0 Å². The Labute approximate surface area is 64.6 Å². The predicted molar refractivity (Wildman–Crippen MR) is 36.5 cm³/mol. The molecule has 0 saturated heterocycles. The van der Waals surface area contributed by atoms with Crippen molar-refractivity contribution < 1.29 is 16.4 Å². The van der Waals surface area contributed by atoms with Crippen molar-refractivity contribution in [3.63, 3.8) is 0 Å². The van der Waals surface area contributed by atoms with Crippen molar-refractivity contribution in [1.29, 1.82) is 0 Å². The summed E-state index contributed by atoms with van der Waals surface area (Å²) in [7, 11) is 0. The molecule has 0 aliphatic heterocycles. The first-order valence-corrected chi connectivity index (χ1v) is 3.43. The summed E-state index contributed by atoms with van der Waals surface area (Å²) in [6.45, 7) is 0. The molecule has 0 fully saturated rings. The molecule has 0 saturated carbocycles. The number of carbonyl (C=O) groups excluding carboxylic acids is 1. The molecule has 0 heterocycles. The third-order valence-corrected chi connectivity index (χ3v) is 1.34. The van der Waals surface area contributed by atoms with E-state index in [9.17, 15) is 4.79 Å². The van der Waals surface area contributed by atoms with Gasteiger partial charge in [-0.3, -0.25) is 0 Å². The van der Waals surface area contributed by atoms with Gasteiger partial charge < -0.3 is 0 Å². The van der Waals surface area contributed by atoms with Gasteiger partial charge in [-0.2, -0.15) is 0 Å². The monoisotopic (exact) mass is 155 g/mol. The topological polar surface area (TPSA) is 17.1 Å². The molecule has 0 bridgehead atoms. The van der Waals surface area contributed by atoms with Crippen LogP contribution in [-0.2, 0) is 11.2 Å². The van der Waals surface area contributed by atoms with E-state index >= 15 is 0 Å². The van der Waals surface area contributed by atoms with Crippen LogP contribution in [0.1, 0.15) is 5.56 Å². The first-order valence-electron chi connectivity index (χ1n) is 3.03. The maximum Gasteiger partial charge on any atom is 0.403 e. The SMILES string of the molecule is O=C([ClH+])Cc1ccccc1. The van der Waals surface area contributed by atoms with E-state index in [0.29, 0.717) is 6.42 Å². The largest absolute Gasteiger partial charge is 0.403 e. The number of hydrogen-bond acceptors (Lipinski definition) is 1. The van der Waals surface area contributed by atoms with E-state index in [-0.39, 0.29) is 5.24 Å². The highest BCUT2D eigenvalue weighted by atomic mass is 35.5. The highest BCUT2D eigenvalue weighted by molar-refractivity contribution is 5.67. The molecule has 0 N–H and O–H groups in total. The van der Waals surface area contributed by atoms with Gasteiger partial charge in [0, 0.05) is 0 Å². The van der Waals surface area contributed by atoms with Crippen LogP contribution in [0.25, 0.3) is 0 Å². The molecule has 0 unspecified atom stereocenters. The van der Waals surface area contributed by atoms with Crippen molar-refractivity contribution in [2.75, 3.05) is 0 Å². The van der Waals surface area contributed by atoms with Crippen molar-refractivity contribution in [2.45, 2.75) is 6.42 Å². The highest BCUT2D eigenvalue weighted by Crippen LogP contribution is 1.98. The first kappa shape index (κ1) is 7.29. The van der Waals surface area contributed by atoms with Gasteiger partial charge in [0.05, 0.1) is 6.42 Å². The van der Waals surface area contributed by atoms with Gasteiger partial charge in [-0.05, 0) is 5.56 Å². The van der Waals surface area contributed by atoms with E-state index in [2.05, 4.69) is 11.6 Å². The van der Waals surface area contributed by atoms with Crippen molar-refractivity contribution in [3.8, 4) is 0 Å². The van der Waals surface area contributed by atoms with E-state index < -0.39 is 0 Å². The second-order valence-corrected chi connectivity index (χ2v) is 2.49. The van der Waals surface area contributed by atoms with E-state index in [4.69, 9.17) is 0 Å². The summed E-state index contributed by atoms with van der Waals surface area (Å²) in [4.78, 5) is 10.4. The zero-order valence-corrected chi connectivity index (χ0v) is 6.23. The van der Waals surface area contributed by atoms with Crippen LogP contribution in [0.5, 0.6) is 0 Å². The number of carbonyl (C=O) groups is 1. The van der Waals surface area contributed by atoms with Gasteiger partial charge >= 0.3 is 5.24 Å². The molecule has 1 aromatic rings. The average Bonchev–Trinajstić information content (AvgIpc) is 1.88. The van der Waals surface area contributed by atoms with E-state index in [1.807, 2.05) is 30.3 Å². The van der Waals surface area contributed by atoms with Crippen molar-refractivity contribution in [2.24, 2.45) is 0 Å². The van der Waals surface area contributed by atoms with Gasteiger partial charge in [0.15, 0.2) is 11.6 Å². The van der Waals surface area contributed by atoms with Crippen molar-refractivity contribution in [3.05, 3.63) is 35.9 Å². The summed E-state index contributed by atoms with van der Waals surface area (Å²) in [5, 5.41) is -0.203. The predicted octanol–water partition coefficient (Wildman–Crippen LogP) is 1.04. The standard InChI is InChI=1S/C8H8ClO/c9-8(10)6-7-4-2-1-3-5-7/h1-5,9H,6H2/q+1. The summed E-state index contributed by atoms with van der Waals surface area (Å²) in [5.74, 6) is 0. The van der Waals surface area contributed by atoms with Crippen LogP contribution < -0.4 is 0 Å². The molecule has 0 aliphatic rings. The lowest BCUT2D eigenvalue weighted by Gasteiger charge is -1.89. The number of halogens is 1. The highest BCUT2D eigenvalue weighted by Gasteiger charge is 2.04. The Morgan fingerprint density at radius 3 is 2.40 bits per heavy atom. The molecule has 0 aromatic heterocycles. The molecule has 2 heteroatoms. The van der Waals surface area contributed by atoms with Crippen molar-refractivity contribution in [1.82, 2.24) is 0 Å². The summed E-state index contributed by atoms with van der Waals surface area (Å²) in [6.07, 6.45) is 0.371. The van der Waals surface area contributed by atoms with Gasteiger partial charge in [-0.25, -0.2) is 4.79 Å². The Bertz CT molecular complexity index is 218. The van der Waals surface area contributed by atoms with Crippen LogP contribution in [-0.4, -0.2) is 5.24 Å². The molecule has 1 nitrogen and oxygen atoms in total. The average molecular weight is 156 g/mol. The second kappa shape index (κ2) is 3.37. The van der Waals surface area contributed by atoms with E-state index in [1.165, 1.54) is 0 Å². The fourth-order valence-electron chi connectivity index (χ4n) is 0.763. The lowest BCUT2D eigenvalue weighted by Crippen LogP contribution is -1.95.